The molecule has 17 heavy (non-hydrogen) atoms. The molecular formula is C11H17ClN2O3. The van der Waals surface area contributed by atoms with E-state index in [2.05, 4.69) is 6.58 Å². The average molecular weight is 261 g/mol. The SMILES string of the molecule is C=C(C)C(=O)O/C(=C(/Cl)C(=O)N(C)C)C(C)N. The largest absolute Gasteiger partial charge is 0.424 e. The van der Waals surface area contributed by atoms with Crippen molar-refractivity contribution in [1.82, 2.24) is 4.90 Å². The molecule has 1 amide bonds. The summed E-state index contributed by atoms with van der Waals surface area (Å²) in [6, 6.07) is -0.672. The molecular weight excluding hydrogens is 244 g/mol. The summed E-state index contributed by atoms with van der Waals surface area (Å²) in [6.45, 7) is 6.48. The highest BCUT2D eigenvalue weighted by Gasteiger charge is 2.22. The third-order valence-corrected chi connectivity index (χ3v) is 2.12. The van der Waals surface area contributed by atoms with E-state index in [0.29, 0.717) is 0 Å². The molecule has 96 valence electrons. The van der Waals surface area contributed by atoms with E-state index < -0.39 is 17.9 Å². The van der Waals surface area contributed by atoms with Crippen molar-refractivity contribution in [3.8, 4) is 0 Å². The topological polar surface area (TPSA) is 72.6 Å². The average Bonchev–Trinajstić information content (AvgIpc) is 2.22. The summed E-state index contributed by atoms with van der Waals surface area (Å²) >= 11 is 5.84. The van der Waals surface area contributed by atoms with E-state index in [9.17, 15) is 9.59 Å². The van der Waals surface area contributed by atoms with E-state index in [1.54, 1.807) is 6.92 Å². The van der Waals surface area contributed by atoms with Crippen LogP contribution in [0.4, 0.5) is 0 Å². The number of esters is 1. The molecule has 0 heterocycles. The molecule has 2 N–H and O–H groups in total. The molecule has 0 saturated carbocycles. The summed E-state index contributed by atoms with van der Waals surface area (Å²) < 4.78 is 4.94. The molecule has 0 aliphatic carbocycles. The van der Waals surface area contributed by atoms with Crippen LogP contribution < -0.4 is 5.73 Å². The van der Waals surface area contributed by atoms with Gasteiger partial charge in [-0.05, 0) is 13.8 Å². The van der Waals surface area contributed by atoms with Gasteiger partial charge in [-0.3, -0.25) is 4.79 Å². The first kappa shape index (κ1) is 15.7. The molecule has 1 unspecified atom stereocenters. The van der Waals surface area contributed by atoms with E-state index in [-0.39, 0.29) is 16.4 Å². The lowest BCUT2D eigenvalue weighted by atomic mass is 10.2. The Balaban J connectivity index is 5.22. The molecule has 1 atom stereocenters. The highest BCUT2D eigenvalue weighted by molar-refractivity contribution is 6.42. The van der Waals surface area contributed by atoms with Gasteiger partial charge in [0.1, 0.15) is 10.8 Å². The summed E-state index contributed by atoms with van der Waals surface area (Å²) in [5, 5.41) is -0.209. The molecule has 0 aromatic heterocycles. The van der Waals surface area contributed by atoms with Crippen molar-refractivity contribution in [1.29, 1.82) is 0 Å². The monoisotopic (exact) mass is 260 g/mol. The fourth-order valence-electron chi connectivity index (χ4n) is 0.826. The smallest absolute Gasteiger partial charge is 0.338 e. The third-order valence-electron chi connectivity index (χ3n) is 1.77. The minimum atomic E-state index is -0.672. The molecule has 0 spiro atoms. The maximum atomic E-state index is 11.6. The number of likely N-dealkylation sites (N-methyl/N-ethyl adjacent to an activating group) is 1. The number of carbonyl (C=O) groups excluding carboxylic acids is 2. The van der Waals surface area contributed by atoms with Crippen LogP contribution in [0.15, 0.2) is 22.9 Å². The number of hydrogen-bond acceptors (Lipinski definition) is 4. The first-order valence-corrected chi connectivity index (χ1v) is 5.30. The van der Waals surface area contributed by atoms with Crippen molar-refractivity contribution >= 4 is 23.5 Å². The fourth-order valence-corrected chi connectivity index (χ4v) is 1.21. The Kier molecular flexibility index (Phi) is 5.91. The minimum absolute atomic E-state index is 0.0571. The lowest BCUT2D eigenvalue weighted by Crippen LogP contribution is -2.29. The van der Waals surface area contributed by atoms with Gasteiger partial charge in [-0.15, -0.1) is 0 Å². The van der Waals surface area contributed by atoms with Crippen molar-refractivity contribution in [2.45, 2.75) is 19.9 Å². The lowest BCUT2D eigenvalue weighted by molar-refractivity contribution is -0.135. The number of hydrogen-bond donors (Lipinski definition) is 1. The number of nitrogens with two attached hydrogens (primary N) is 1. The van der Waals surface area contributed by atoms with Crippen LogP contribution in [-0.4, -0.2) is 36.9 Å². The molecule has 0 radical (unpaired) electrons. The van der Waals surface area contributed by atoms with Crippen LogP contribution in [0.1, 0.15) is 13.8 Å². The normalized spacial score (nSPS) is 13.5. The Bertz CT molecular complexity index is 373. The maximum Gasteiger partial charge on any atom is 0.338 e. The summed E-state index contributed by atoms with van der Waals surface area (Å²) in [4.78, 5) is 24.2. The highest BCUT2D eigenvalue weighted by Crippen LogP contribution is 2.17. The molecule has 0 aromatic carbocycles. The molecule has 0 bridgehead atoms. The van der Waals surface area contributed by atoms with Crippen LogP contribution >= 0.6 is 11.6 Å². The van der Waals surface area contributed by atoms with Gasteiger partial charge in [-0.1, -0.05) is 18.2 Å². The van der Waals surface area contributed by atoms with Gasteiger partial charge in [0.15, 0.2) is 0 Å². The Hall–Kier alpha value is -1.33. The summed E-state index contributed by atoms with van der Waals surface area (Å²) in [7, 11) is 3.06. The molecule has 0 aromatic rings. The van der Waals surface area contributed by atoms with Gasteiger partial charge in [0.25, 0.3) is 5.91 Å². The number of amides is 1. The zero-order valence-electron chi connectivity index (χ0n) is 10.4. The van der Waals surface area contributed by atoms with E-state index in [1.165, 1.54) is 25.9 Å². The predicted octanol–water partition coefficient (Wildman–Crippen LogP) is 0.991. The summed E-state index contributed by atoms with van der Waals surface area (Å²) in [5.41, 5.74) is 5.80. The van der Waals surface area contributed by atoms with Crippen molar-refractivity contribution in [2.75, 3.05) is 14.1 Å². The second-order valence-electron chi connectivity index (χ2n) is 3.84. The van der Waals surface area contributed by atoms with Crippen molar-refractivity contribution in [2.24, 2.45) is 5.73 Å². The first-order chi connectivity index (χ1) is 7.68. The van der Waals surface area contributed by atoms with Gasteiger partial charge in [0.05, 0.1) is 6.04 Å². The zero-order valence-corrected chi connectivity index (χ0v) is 11.2. The standard InChI is InChI=1S/C11H17ClN2O3/c1-6(2)11(16)17-9(7(3)13)8(12)10(15)14(4)5/h7H,1,13H2,2-5H3/b9-8+. The number of carbonyl (C=O) groups is 2. The predicted molar refractivity (Wildman–Crippen MR) is 66.1 cm³/mol. The molecule has 6 heteroatoms. The van der Waals surface area contributed by atoms with Crippen molar-refractivity contribution in [3.05, 3.63) is 22.9 Å². The molecule has 0 saturated heterocycles. The van der Waals surface area contributed by atoms with E-state index >= 15 is 0 Å². The molecule has 0 aliphatic heterocycles. The number of rotatable bonds is 4. The number of ether oxygens (including phenoxy) is 1. The van der Waals surface area contributed by atoms with Crippen LogP contribution in [0.2, 0.25) is 0 Å². The third kappa shape index (κ3) is 4.58. The number of nitrogens with zero attached hydrogens (tertiary/aromatic N) is 1. The van der Waals surface area contributed by atoms with Crippen molar-refractivity contribution < 1.29 is 14.3 Å². The lowest BCUT2D eigenvalue weighted by Gasteiger charge is -2.16. The second-order valence-corrected chi connectivity index (χ2v) is 4.21. The molecule has 0 aliphatic rings. The van der Waals surface area contributed by atoms with Crippen LogP contribution in [0, 0.1) is 0 Å². The highest BCUT2D eigenvalue weighted by atomic mass is 35.5. The molecule has 0 rings (SSSR count). The molecule has 5 nitrogen and oxygen atoms in total. The minimum Gasteiger partial charge on any atom is -0.424 e. The van der Waals surface area contributed by atoms with Crippen LogP contribution in [0.5, 0.6) is 0 Å². The fraction of sp³-hybridized carbons (Fsp3) is 0.455. The summed E-state index contributed by atoms with van der Waals surface area (Å²) in [6.07, 6.45) is 0. The Morgan fingerprint density at radius 2 is 1.88 bits per heavy atom. The Morgan fingerprint density at radius 3 is 2.18 bits per heavy atom. The Labute approximate surface area is 106 Å². The zero-order chi connectivity index (χ0) is 13.7. The van der Waals surface area contributed by atoms with Gasteiger partial charge >= 0.3 is 5.97 Å². The van der Waals surface area contributed by atoms with Gasteiger partial charge in [-0.25, -0.2) is 4.79 Å². The number of halogens is 1. The van der Waals surface area contributed by atoms with Crippen LogP contribution in [0.25, 0.3) is 0 Å². The molecule has 0 fully saturated rings. The van der Waals surface area contributed by atoms with E-state index in [4.69, 9.17) is 22.1 Å². The van der Waals surface area contributed by atoms with Gasteiger partial charge in [0, 0.05) is 19.7 Å². The second kappa shape index (κ2) is 6.42. The van der Waals surface area contributed by atoms with Crippen LogP contribution in [0.3, 0.4) is 0 Å². The quantitative estimate of drug-likeness (QED) is 0.465. The van der Waals surface area contributed by atoms with Crippen LogP contribution in [-0.2, 0) is 14.3 Å². The van der Waals surface area contributed by atoms with Gasteiger partial charge in [0.2, 0.25) is 0 Å². The van der Waals surface area contributed by atoms with Gasteiger partial charge < -0.3 is 15.4 Å². The van der Waals surface area contributed by atoms with E-state index in [1.807, 2.05) is 0 Å². The summed E-state index contributed by atoms with van der Waals surface area (Å²) in [5.74, 6) is -1.20. The van der Waals surface area contributed by atoms with Crippen molar-refractivity contribution in [3.63, 3.8) is 0 Å². The first-order valence-electron chi connectivity index (χ1n) is 4.93. The Morgan fingerprint density at radius 1 is 1.41 bits per heavy atom. The maximum absolute atomic E-state index is 11.6. The van der Waals surface area contributed by atoms with E-state index in [0.717, 1.165) is 0 Å². The van der Waals surface area contributed by atoms with Gasteiger partial charge in [-0.2, -0.15) is 0 Å².